The fourth-order valence-electron chi connectivity index (χ4n) is 2.84. The van der Waals surface area contributed by atoms with Crippen LogP contribution in [0.4, 0.5) is 4.39 Å². The summed E-state index contributed by atoms with van der Waals surface area (Å²) in [6.07, 6.45) is 5.07. The molecule has 0 atom stereocenters. The van der Waals surface area contributed by atoms with Crippen molar-refractivity contribution < 1.29 is 9.18 Å². The van der Waals surface area contributed by atoms with Crippen LogP contribution >= 0.6 is 11.6 Å². The molecule has 3 aromatic heterocycles. The molecule has 27 heavy (non-hydrogen) atoms. The van der Waals surface area contributed by atoms with Crippen LogP contribution < -0.4 is 5.32 Å². The van der Waals surface area contributed by atoms with Crippen molar-refractivity contribution in [3.05, 3.63) is 82.8 Å². The third-order valence-corrected chi connectivity index (χ3v) is 4.44. The van der Waals surface area contributed by atoms with Crippen molar-refractivity contribution in [3.63, 3.8) is 0 Å². The van der Waals surface area contributed by atoms with Crippen molar-refractivity contribution in [3.8, 4) is 5.69 Å². The fourth-order valence-corrected chi connectivity index (χ4v) is 3.01. The zero-order chi connectivity index (χ0) is 19.0. The Labute approximate surface area is 159 Å². The highest BCUT2D eigenvalue weighted by molar-refractivity contribution is 6.30. The number of fused-ring (bicyclic) bond motifs is 1. The normalized spacial score (nSPS) is 11.1. The summed E-state index contributed by atoms with van der Waals surface area (Å²) in [4.78, 5) is 17.0. The van der Waals surface area contributed by atoms with Crippen molar-refractivity contribution in [1.29, 1.82) is 0 Å². The monoisotopic (exact) mass is 383 g/mol. The zero-order valence-corrected chi connectivity index (χ0v) is 15.1. The van der Waals surface area contributed by atoms with Crippen LogP contribution in [-0.2, 0) is 6.54 Å². The first-order valence-corrected chi connectivity index (χ1v) is 8.61. The van der Waals surface area contributed by atoms with Gasteiger partial charge in [-0.2, -0.15) is 5.10 Å². The number of imidazole rings is 1. The first-order valence-electron chi connectivity index (χ1n) is 8.23. The van der Waals surface area contributed by atoms with E-state index in [-0.39, 0.29) is 18.3 Å². The second-order valence-corrected chi connectivity index (χ2v) is 6.50. The minimum absolute atomic E-state index is 0.254. The molecule has 136 valence electrons. The highest BCUT2D eigenvalue weighted by Gasteiger charge is 2.15. The molecule has 0 saturated heterocycles. The lowest BCUT2D eigenvalue weighted by atomic mass is 10.2. The van der Waals surface area contributed by atoms with Crippen LogP contribution in [0.5, 0.6) is 0 Å². The molecule has 6 nitrogen and oxygen atoms in total. The average molecular weight is 384 g/mol. The van der Waals surface area contributed by atoms with Crippen LogP contribution in [0.25, 0.3) is 11.3 Å². The van der Waals surface area contributed by atoms with Gasteiger partial charge in [-0.25, -0.2) is 14.1 Å². The van der Waals surface area contributed by atoms with Gasteiger partial charge in [0, 0.05) is 12.4 Å². The van der Waals surface area contributed by atoms with Crippen LogP contribution in [0.2, 0.25) is 5.02 Å². The standard InChI is InChI=1S/C19H15ClFN5O/c1-12-17(9-23-26(12)16-5-3-14(21)4-6-16)19(27)22-8-15-11-25-10-13(20)2-7-18(25)24-15/h2-7,9-11H,8H2,1H3,(H,22,27). The van der Waals surface area contributed by atoms with Crippen molar-refractivity contribution in [2.45, 2.75) is 13.5 Å². The van der Waals surface area contributed by atoms with Gasteiger partial charge in [-0.15, -0.1) is 0 Å². The molecule has 0 aliphatic carbocycles. The molecule has 4 rings (SSSR count). The van der Waals surface area contributed by atoms with Crippen molar-refractivity contribution in [2.24, 2.45) is 0 Å². The Morgan fingerprint density at radius 1 is 1.19 bits per heavy atom. The minimum Gasteiger partial charge on any atom is -0.346 e. The number of pyridine rings is 1. The van der Waals surface area contributed by atoms with Crippen LogP contribution in [0, 0.1) is 12.7 Å². The number of hydrogen-bond donors (Lipinski definition) is 1. The molecule has 3 heterocycles. The quantitative estimate of drug-likeness (QED) is 0.586. The summed E-state index contributed by atoms with van der Waals surface area (Å²) in [5.41, 5.74) is 3.27. The van der Waals surface area contributed by atoms with E-state index in [0.29, 0.717) is 27.7 Å². The van der Waals surface area contributed by atoms with Gasteiger partial charge >= 0.3 is 0 Å². The van der Waals surface area contributed by atoms with E-state index >= 15 is 0 Å². The number of halogens is 2. The van der Waals surface area contributed by atoms with Crippen molar-refractivity contribution >= 4 is 23.2 Å². The molecule has 8 heteroatoms. The lowest BCUT2D eigenvalue weighted by Crippen LogP contribution is -2.23. The molecule has 0 spiro atoms. The Kier molecular flexibility index (Phi) is 4.37. The molecule has 0 saturated carbocycles. The minimum atomic E-state index is -0.324. The highest BCUT2D eigenvalue weighted by Crippen LogP contribution is 2.15. The van der Waals surface area contributed by atoms with E-state index in [4.69, 9.17) is 11.6 Å². The number of benzene rings is 1. The zero-order valence-electron chi connectivity index (χ0n) is 14.4. The Morgan fingerprint density at radius 3 is 2.74 bits per heavy atom. The van der Waals surface area contributed by atoms with E-state index in [9.17, 15) is 9.18 Å². The number of nitrogens with one attached hydrogen (secondary N) is 1. The van der Waals surface area contributed by atoms with Gasteiger partial charge in [0.2, 0.25) is 0 Å². The third kappa shape index (κ3) is 3.41. The molecule has 0 aliphatic rings. The van der Waals surface area contributed by atoms with Gasteiger partial charge in [0.1, 0.15) is 11.5 Å². The number of aromatic nitrogens is 4. The van der Waals surface area contributed by atoms with Gasteiger partial charge in [0.25, 0.3) is 5.91 Å². The molecule has 0 fully saturated rings. The van der Waals surface area contributed by atoms with E-state index in [1.54, 1.807) is 36.0 Å². The fraction of sp³-hybridized carbons (Fsp3) is 0.105. The van der Waals surface area contributed by atoms with E-state index < -0.39 is 0 Å². The number of hydrogen-bond acceptors (Lipinski definition) is 3. The molecule has 1 amide bonds. The third-order valence-electron chi connectivity index (χ3n) is 4.22. The van der Waals surface area contributed by atoms with Gasteiger partial charge in [0.15, 0.2) is 0 Å². The predicted molar refractivity (Wildman–Crippen MR) is 99.6 cm³/mol. The lowest BCUT2D eigenvalue weighted by molar-refractivity contribution is 0.0950. The molecule has 0 bridgehead atoms. The Bertz CT molecular complexity index is 1130. The molecular weight excluding hydrogens is 369 g/mol. The van der Waals surface area contributed by atoms with Crippen LogP contribution in [0.3, 0.4) is 0 Å². The van der Waals surface area contributed by atoms with Crippen molar-refractivity contribution in [2.75, 3.05) is 0 Å². The average Bonchev–Trinajstić information content (AvgIpc) is 3.23. The molecule has 0 unspecified atom stereocenters. The number of nitrogens with zero attached hydrogens (tertiary/aromatic N) is 4. The smallest absolute Gasteiger partial charge is 0.255 e. The molecule has 0 aliphatic heterocycles. The Morgan fingerprint density at radius 2 is 1.96 bits per heavy atom. The van der Waals surface area contributed by atoms with Gasteiger partial charge in [0.05, 0.1) is 40.4 Å². The van der Waals surface area contributed by atoms with Gasteiger partial charge in [-0.05, 0) is 43.3 Å². The number of amides is 1. The summed E-state index contributed by atoms with van der Waals surface area (Å²) in [7, 11) is 0. The highest BCUT2D eigenvalue weighted by atomic mass is 35.5. The maximum Gasteiger partial charge on any atom is 0.255 e. The first kappa shape index (κ1) is 17.2. The molecule has 1 N–H and O–H groups in total. The van der Waals surface area contributed by atoms with E-state index in [1.807, 2.05) is 16.7 Å². The molecule has 4 aromatic rings. The maximum absolute atomic E-state index is 13.1. The molecular formula is C19H15ClFN5O. The topological polar surface area (TPSA) is 64.2 Å². The van der Waals surface area contributed by atoms with Crippen LogP contribution in [-0.4, -0.2) is 25.1 Å². The Balaban J connectivity index is 1.50. The second-order valence-electron chi connectivity index (χ2n) is 6.06. The lowest BCUT2D eigenvalue weighted by Gasteiger charge is -2.06. The number of rotatable bonds is 4. The first-order chi connectivity index (χ1) is 13.0. The van der Waals surface area contributed by atoms with Crippen LogP contribution in [0.1, 0.15) is 21.7 Å². The largest absolute Gasteiger partial charge is 0.346 e. The summed E-state index contributed by atoms with van der Waals surface area (Å²) < 4.78 is 16.5. The molecule has 1 aromatic carbocycles. The summed E-state index contributed by atoms with van der Waals surface area (Å²) >= 11 is 5.97. The van der Waals surface area contributed by atoms with Gasteiger partial charge in [-0.1, -0.05) is 11.6 Å². The van der Waals surface area contributed by atoms with Crippen molar-refractivity contribution in [1.82, 2.24) is 24.5 Å². The Hall–Kier alpha value is -3.19. The number of carbonyl (C=O) groups is 1. The van der Waals surface area contributed by atoms with Gasteiger partial charge in [-0.3, -0.25) is 4.79 Å². The van der Waals surface area contributed by atoms with Gasteiger partial charge < -0.3 is 9.72 Å². The SMILES string of the molecule is Cc1c(C(=O)NCc2cn3cc(Cl)ccc3n2)cnn1-c1ccc(F)cc1. The van der Waals surface area contributed by atoms with E-state index in [0.717, 1.165) is 5.65 Å². The second kappa shape index (κ2) is 6.85. The summed E-state index contributed by atoms with van der Waals surface area (Å²) in [6, 6.07) is 9.50. The predicted octanol–water partition coefficient (Wildman–Crippen LogP) is 3.55. The number of carbonyl (C=O) groups excluding carboxylic acids is 1. The van der Waals surface area contributed by atoms with E-state index in [2.05, 4.69) is 15.4 Å². The maximum atomic E-state index is 13.1. The summed E-state index contributed by atoms with van der Waals surface area (Å²) in [5.74, 6) is -0.578. The summed E-state index contributed by atoms with van der Waals surface area (Å²) in [5, 5.41) is 7.69. The molecule has 0 radical (unpaired) electrons. The van der Waals surface area contributed by atoms with Crippen LogP contribution in [0.15, 0.2) is 55.0 Å². The van der Waals surface area contributed by atoms with E-state index in [1.165, 1.54) is 18.3 Å². The summed E-state index contributed by atoms with van der Waals surface area (Å²) in [6.45, 7) is 2.07.